The number of likely N-dealkylation sites (tertiary alicyclic amines) is 1. The minimum absolute atomic E-state index is 0.171. The second-order valence-electron chi connectivity index (χ2n) is 6.20. The van der Waals surface area contributed by atoms with E-state index in [0.29, 0.717) is 24.5 Å². The minimum Gasteiger partial charge on any atom is -0.493 e. The van der Waals surface area contributed by atoms with Crippen LogP contribution >= 0.6 is 0 Å². The number of carbonyl (C=O) groups is 3. The summed E-state index contributed by atoms with van der Waals surface area (Å²) in [5.74, 6) is -0.819. The van der Waals surface area contributed by atoms with Gasteiger partial charge in [0.05, 0.1) is 12.2 Å². The largest absolute Gasteiger partial charge is 0.493 e. The Kier molecular flexibility index (Phi) is 7.44. The van der Waals surface area contributed by atoms with E-state index in [-0.39, 0.29) is 25.1 Å². The van der Waals surface area contributed by atoms with Crippen LogP contribution in [0.15, 0.2) is 24.3 Å². The van der Waals surface area contributed by atoms with E-state index in [0.717, 1.165) is 19.3 Å². The van der Waals surface area contributed by atoms with E-state index >= 15 is 0 Å². The Morgan fingerprint density at radius 2 is 2.00 bits per heavy atom. The molecule has 0 bridgehead atoms. The predicted molar refractivity (Wildman–Crippen MR) is 95.9 cm³/mol. The fourth-order valence-corrected chi connectivity index (χ4v) is 2.93. The van der Waals surface area contributed by atoms with Crippen LogP contribution < -0.4 is 10.1 Å². The summed E-state index contributed by atoms with van der Waals surface area (Å²) in [6, 6.07) is 6.96. The SMILES string of the molecule is CCOc1ccccc1C(=O)NCC(=O)OCC(=O)N1CCCC[C@H]1C. The molecular weight excluding hydrogens is 336 g/mol. The predicted octanol–water partition coefficient (Wildman–Crippen LogP) is 1.76. The van der Waals surface area contributed by atoms with Gasteiger partial charge in [0.25, 0.3) is 11.8 Å². The Morgan fingerprint density at radius 3 is 2.73 bits per heavy atom. The molecule has 1 aliphatic rings. The normalized spacial score (nSPS) is 16.7. The van der Waals surface area contributed by atoms with Crippen LogP contribution in [0, 0.1) is 0 Å². The molecule has 0 aromatic heterocycles. The molecule has 1 aromatic rings. The van der Waals surface area contributed by atoms with Crippen LogP contribution in [0.1, 0.15) is 43.5 Å². The highest BCUT2D eigenvalue weighted by Crippen LogP contribution is 2.18. The van der Waals surface area contributed by atoms with Gasteiger partial charge in [0.2, 0.25) is 0 Å². The molecule has 0 unspecified atom stereocenters. The van der Waals surface area contributed by atoms with E-state index in [1.54, 1.807) is 29.2 Å². The second kappa shape index (κ2) is 9.79. The highest BCUT2D eigenvalue weighted by molar-refractivity contribution is 5.98. The maximum Gasteiger partial charge on any atom is 0.325 e. The molecule has 0 saturated carbocycles. The molecular formula is C19H26N2O5. The molecule has 1 heterocycles. The van der Waals surface area contributed by atoms with Gasteiger partial charge in [0.15, 0.2) is 6.61 Å². The first-order valence-corrected chi connectivity index (χ1v) is 8.98. The van der Waals surface area contributed by atoms with Gasteiger partial charge in [-0.1, -0.05) is 12.1 Å². The summed E-state index contributed by atoms with van der Waals surface area (Å²) in [6.07, 6.45) is 3.05. The fourth-order valence-electron chi connectivity index (χ4n) is 2.93. The topological polar surface area (TPSA) is 84.9 Å². The molecule has 0 spiro atoms. The van der Waals surface area contributed by atoms with Crippen LogP contribution in [0.3, 0.4) is 0 Å². The number of ether oxygens (including phenoxy) is 2. The van der Waals surface area contributed by atoms with Crippen molar-refractivity contribution in [3.8, 4) is 5.75 Å². The van der Waals surface area contributed by atoms with Gasteiger partial charge < -0.3 is 19.7 Å². The van der Waals surface area contributed by atoms with Crippen LogP contribution in [0.4, 0.5) is 0 Å². The monoisotopic (exact) mass is 362 g/mol. The average Bonchev–Trinajstić information content (AvgIpc) is 2.65. The van der Waals surface area contributed by atoms with Crippen molar-refractivity contribution < 1.29 is 23.9 Å². The van der Waals surface area contributed by atoms with E-state index in [2.05, 4.69) is 5.32 Å². The van der Waals surface area contributed by atoms with Gasteiger partial charge in [-0.2, -0.15) is 0 Å². The van der Waals surface area contributed by atoms with Crippen LogP contribution in [0.2, 0.25) is 0 Å². The van der Waals surface area contributed by atoms with Crippen molar-refractivity contribution in [2.45, 2.75) is 39.2 Å². The molecule has 2 rings (SSSR count). The molecule has 0 aliphatic carbocycles. The van der Waals surface area contributed by atoms with Crippen molar-refractivity contribution in [1.29, 1.82) is 0 Å². The van der Waals surface area contributed by atoms with Gasteiger partial charge in [-0.15, -0.1) is 0 Å². The molecule has 1 atom stereocenters. The lowest BCUT2D eigenvalue weighted by Gasteiger charge is -2.33. The number of rotatable bonds is 7. The van der Waals surface area contributed by atoms with E-state index in [1.807, 2.05) is 13.8 Å². The maximum absolute atomic E-state index is 12.2. The smallest absolute Gasteiger partial charge is 0.325 e. The molecule has 0 radical (unpaired) electrons. The molecule has 7 nitrogen and oxygen atoms in total. The molecule has 7 heteroatoms. The van der Waals surface area contributed by atoms with Gasteiger partial charge >= 0.3 is 5.97 Å². The van der Waals surface area contributed by atoms with Crippen LogP contribution in [-0.2, 0) is 14.3 Å². The van der Waals surface area contributed by atoms with Crippen molar-refractivity contribution >= 4 is 17.8 Å². The van der Waals surface area contributed by atoms with Gasteiger partial charge in [-0.05, 0) is 45.2 Å². The molecule has 2 amide bonds. The third-order valence-electron chi connectivity index (χ3n) is 4.30. The lowest BCUT2D eigenvalue weighted by molar-refractivity contribution is -0.152. The number of benzene rings is 1. The Bertz CT molecular complexity index is 647. The summed E-state index contributed by atoms with van der Waals surface area (Å²) in [6.45, 7) is 4.35. The van der Waals surface area contributed by atoms with Crippen LogP contribution in [0.5, 0.6) is 5.75 Å². The number of hydrogen-bond acceptors (Lipinski definition) is 5. The average molecular weight is 362 g/mol. The summed E-state index contributed by atoms with van der Waals surface area (Å²) in [7, 11) is 0. The number of para-hydroxylation sites is 1. The molecule has 142 valence electrons. The summed E-state index contributed by atoms with van der Waals surface area (Å²) >= 11 is 0. The molecule has 1 aromatic carbocycles. The Hall–Kier alpha value is -2.57. The number of hydrogen-bond donors (Lipinski definition) is 1. The Labute approximate surface area is 153 Å². The van der Waals surface area contributed by atoms with Gasteiger partial charge in [-0.25, -0.2) is 0 Å². The summed E-state index contributed by atoms with van der Waals surface area (Å²) in [5.41, 5.74) is 0.348. The fraction of sp³-hybridized carbons (Fsp3) is 0.526. The summed E-state index contributed by atoms with van der Waals surface area (Å²) in [5, 5.41) is 2.49. The van der Waals surface area contributed by atoms with E-state index < -0.39 is 11.9 Å². The molecule has 1 fully saturated rings. The van der Waals surface area contributed by atoms with Crippen molar-refractivity contribution in [2.75, 3.05) is 26.3 Å². The van der Waals surface area contributed by atoms with E-state index in [1.165, 1.54) is 0 Å². The number of carbonyl (C=O) groups excluding carboxylic acids is 3. The number of nitrogens with zero attached hydrogens (tertiary/aromatic N) is 1. The third-order valence-corrected chi connectivity index (χ3v) is 4.30. The quantitative estimate of drug-likeness (QED) is 0.747. The van der Waals surface area contributed by atoms with Crippen LogP contribution in [-0.4, -0.2) is 55.0 Å². The zero-order valence-electron chi connectivity index (χ0n) is 15.3. The van der Waals surface area contributed by atoms with Gasteiger partial charge in [0.1, 0.15) is 12.3 Å². The zero-order chi connectivity index (χ0) is 18.9. The highest BCUT2D eigenvalue weighted by atomic mass is 16.5. The van der Waals surface area contributed by atoms with Crippen molar-refractivity contribution in [3.05, 3.63) is 29.8 Å². The lowest BCUT2D eigenvalue weighted by Crippen LogP contribution is -2.44. The van der Waals surface area contributed by atoms with E-state index in [9.17, 15) is 14.4 Å². The van der Waals surface area contributed by atoms with Gasteiger partial charge in [0, 0.05) is 12.6 Å². The first-order chi connectivity index (χ1) is 12.5. The number of piperidine rings is 1. The van der Waals surface area contributed by atoms with Gasteiger partial charge in [-0.3, -0.25) is 14.4 Å². The first kappa shape index (κ1) is 19.8. The van der Waals surface area contributed by atoms with E-state index in [4.69, 9.17) is 9.47 Å². The Balaban J connectivity index is 1.78. The lowest BCUT2D eigenvalue weighted by atomic mass is 10.0. The first-order valence-electron chi connectivity index (χ1n) is 8.98. The highest BCUT2D eigenvalue weighted by Gasteiger charge is 2.24. The van der Waals surface area contributed by atoms with Crippen molar-refractivity contribution in [3.63, 3.8) is 0 Å². The van der Waals surface area contributed by atoms with Crippen molar-refractivity contribution in [1.82, 2.24) is 10.2 Å². The molecule has 1 aliphatic heterocycles. The standard InChI is InChI=1S/C19H26N2O5/c1-3-25-16-10-5-4-9-15(16)19(24)20-12-18(23)26-13-17(22)21-11-7-6-8-14(21)2/h4-5,9-10,14H,3,6-8,11-13H2,1-2H3,(H,20,24)/t14-/m1/s1. The summed E-state index contributed by atoms with van der Waals surface area (Å²) < 4.78 is 10.4. The number of amides is 2. The number of nitrogens with one attached hydrogen (secondary N) is 1. The minimum atomic E-state index is -0.648. The molecule has 26 heavy (non-hydrogen) atoms. The second-order valence-corrected chi connectivity index (χ2v) is 6.20. The van der Waals surface area contributed by atoms with Crippen LogP contribution in [0.25, 0.3) is 0 Å². The zero-order valence-corrected chi connectivity index (χ0v) is 15.3. The third kappa shape index (κ3) is 5.47. The summed E-state index contributed by atoms with van der Waals surface area (Å²) in [4.78, 5) is 37.9. The Morgan fingerprint density at radius 1 is 1.23 bits per heavy atom. The molecule has 1 saturated heterocycles. The maximum atomic E-state index is 12.2. The molecule has 1 N–H and O–H groups in total. The van der Waals surface area contributed by atoms with Crippen molar-refractivity contribution in [2.24, 2.45) is 0 Å². The number of esters is 1.